The van der Waals surface area contributed by atoms with Crippen LogP contribution in [0.15, 0.2) is 27.9 Å². The van der Waals surface area contributed by atoms with Gasteiger partial charge in [-0.25, -0.2) is 0 Å². The summed E-state index contributed by atoms with van der Waals surface area (Å²) in [5, 5.41) is 0. The number of Topliss-reactive ketones (excluding diaryl/α,β-unsaturated/α-hetero) is 1. The highest BCUT2D eigenvalue weighted by atomic mass is 16.6. The van der Waals surface area contributed by atoms with Gasteiger partial charge in [0.05, 0.1) is 31.3 Å². The lowest BCUT2D eigenvalue weighted by Crippen LogP contribution is -2.67. The monoisotopic (exact) mass is 510 g/mol. The summed E-state index contributed by atoms with van der Waals surface area (Å²) in [6, 6.07) is 2.06. The molecule has 7 nitrogen and oxygen atoms in total. The lowest BCUT2D eigenvalue weighted by atomic mass is 9.40. The van der Waals surface area contributed by atoms with Crippen LogP contribution >= 0.6 is 0 Å². The Hall–Kier alpha value is -2.41. The Morgan fingerprint density at radius 2 is 1.92 bits per heavy atom. The Morgan fingerprint density at radius 1 is 1.19 bits per heavy atom. The number of allylic oxidation sites excluding steroid dienone is 1. The van der Waals surface area contributed by atoms with E-state index in [1.54, 1.807) is 6.26 Å². The van der Waals surface area contributed by atoms with Gasteiger partial charge in [-0.05, 0) is 44.2 Å². The molecule has 0 radical (unpaired) electrons. The molecule has 37 heavy (non-hydrogen) atoms. The Bertz CT molecular complexity index is 1220. The first-order valence-electron chi connectivity index (χ1n) is 13.7. The SMILES string of the molecule is COC(=O)C[C@H]1[C@]2(C)C3=C(C)C(c4ccoc4C(C)C)CC3O[C@@H]2[C@@H]2OC(=O)[C@]3(C)CCC(=O)[C@@]1(C)C23. The van der Waals surface area contributed by atoms with E-state index in [1.165, 1.54) is 18.2 Å². The molecule has 3 heterocycles. The summed E-state index contributed by atoms with van der Waals surface area (Å²) < 4.78 is 24.0. The molecular weight excluding hydrogens is 472 g/mol. The summed E-state index contributed by atoms with van der Waals surface area (Å²) in [4.78, 5) is 40.1. The molecule has 1 aromatic rings. The molecule has 7 heteroatoms. The third kappa shape index (κ3) is 2.90. The molecule has 5 aliphatic rings. The average Bonchev–Trinajstić information content (AvgIpc) is 3.58. The van der Waals surface area contributed by atoms with Crippen LogP contribution < -0.4 is 0 Å². The molecule has 3 unspecified atom stereocenters. The van der Waals surface area contributed by atoms with E-state index in [0.29, 0.717) is 12.8 Å². The zero-order valence-corrected chi connectivity index (χ0v) is 22.9. The maximum Gasteiger partial charge on any atom is 0.312 e. The summed E-state index contributed by atoms with van der Waals surface area (Å²) >= 11 is 0. The van der Waals surface area contributed by atoms with Crippen LogP contribution in [0, 0.1) is 28.1 Å². The fourth-order valence-electron chi connectivity index (χ4n) is 9.41. The molecule has 0 N–H and O–H groups in total. The van der Waals surface area contributed by atoms with E-state index in [0.717, 1.165) is 17.8 Å². The van der Waals surface area contributed by atoms with Gasteiger partial charge in [-0.1, -0.05) is 33.3 Å². The van der Waals surface area contributed by atoms with Crippen molar-refractivity contribution in [2.45, 2.75) is 97.4 Å². The third-order valence-corrected chi connectivity index (χ3v) is 11.0. The number of ketones is 1. The van der Waals surface area contributed by atoms with E-state index >= 15 is 0 Å². The number of methoxy groups -OCH3 is 1. The van der Waals surface area contributed by atoms with Gasteiger partial charge in [-0.15, -0.1) is 0 Å². The van der Waals surface area contributed by atoms with Crippen LogP contribution in [0.2, 0.25) is 0 Å². The summed E-state index contributed by atoms with van der Waals surface area (Å²) in [5.74, 6) is 0.188. The van der Waals surface area contributed by atoms with Crippen LogP contribution in [-0.4, -0.2) is 43.1 Å². The molecular formula is C30H38O7. The zero-order chi connectivity index (χ0) is 26.7. The van der Waals surface area contributed by atoms with E-state index in [-0.39, 0.29) is 53.9 Å². The molecule has 0 amide bonds. The number of fused-ring (bicyclic) bond motifs is 4. The first-order chi connectivity index (χ1) is 17.4. The van der Waals surface area contributed by atoms with Crippen LogP contribution in [-0.2, 0) is 28.6 Å². The van der Waals surface area contributed by atoms with Gasteiger partial charge in [-0.2, -0.15) is 0 Å². The van der Waals surface area contributed by atoms with Crippen molar-refractivity contribution >= 4 is 17.7 Å². The van der Waals surface area contributed by atoms with E-state index in [9.17, 15) is 14.4 Å². The smallest absolute Gasteiger partial charge is 0.312 e. The molecule has 6 rings (SSSR count). The number of esters is 2. The minimum Gasteiger partial charge on any atom is -0.469 e. The third-order valence-electron chi connectivity index (χ3n) is 11.0. The number of hydrogen-bond acceptors (Lipinski definition) is 7. The maximum absolute atomic E-state index is 13.9. The number of rotatable bonds is 4. The first-order valence-corrected chi connectivity index (χ1v) is 13.7. The predicted molar refractivity (Wildman–Crippen MR) is 134 cm³/mol. The molecule has 200 valence electrons. The summed E-state index contributed by atoms with van der Waals surface area (Å²) in [5.41, 5.74) is 1.22. The molecule has 2 saturated carbocycles. The molecule has 0 spiro atoms. The van der Waals surface area contributed by atoms with Crippen molar-refractivity contribution in [1.82, 2.24) is 0 Å². The Kier molecular flexibility index (Phi) is 5.26. The van der Waals surface area contributed by atoms with Crippen molar-refractivity contribution in [2.75, 3.05) is 7.11 Å². The molecule has 9 atom stereocenters. The van der Waals surface area contributed by atoms with Crippen molar-refractivity contribution in [1.29, 1.82) is 0 Å². The van der Waals surface area contributed by atoms with Crippen molar-refractivity contribution in [3.63, 3.8) is 0 Å². The lowest BCUT2D eigenvalue weighted by Gasteiger charge is -2.60. The molecule has 1 aromatic heterocycles. The largest absolute Gasteiger partial charge is 0.469 e. The van der Waals surface area contributed by atoms with Gasteiger partial charge >= 0.3 is 11.9 Å². The van der Waals surface area contributed by atoms with Gasteiger partial charge < -0.3 is 18.6 Å². The van der Waals surface area contributed by atoms with Crippen LogP contribution in [0.1, 0.15) is 90.4 Å². The van der Waals surface area contributed by atoms with Crippen LogP contribution in [0.4, 0.5) is 0 Å². The first kappa shape index (κ1) is 24.9. The van der Waals surface area contributed by atoms with Gasteiger partial charge in [0.15, 0.2) is 0 Å². The highest BCUT2D eigenvalue weighted by Crippen LogP contribution is 2.73. The van der Waals surface area contributed by atoms with Crippen LogP contribution in [0.25, 0.3) is 0 Å². The standard InChI is InChI=1S/C30H38O7/c1-14(2)23-16(9-11-35-23)17-12-18-22(15(17)3)30(6)19(13-21(32)34-7)29(5)20(31)8-10-28(4)25(29)24(26(30)36-18)37-27(28)33/h9,11,14,17-19,24-26H,8,10,12-13H2,1-7H3/t17?,18?,19-,24-,25?,26-,28-,29+,30-/m1/s1. The highest BCUT2D eigenvalue weighted by Gasteiger charge is 2.78. The van der Waals surface area contributed by atoms with Gasteiger partial charge in [0, 0.05) is 40.6 Å². The zero-order valence-electron chi connectivity index (χ0n) is 22.9. The van der Waals surface area contributed by atoms with E-state index < -0.39 is 28.5 Å². The number of carbonyl (C=O) groups excluding carboxylic acids is 3. The lowest BCUT2D eigenvalue weighted by molar-refractivity contribution is -0.197. The molecule has 0 aromatic carbocycles. The molecule has 0 bridgehead atoms. The van der Waals surface area contributed by atoms with E-state index in [1.807, 2.05) is 13.8 Å². The maximum atomic E-state index is 13.9. The van der Waals surface area contributed by atoms with Crippen molar-refractivity contribution < 1.29 is 33.0 Å². The fraction of sp³-hybridized carbons (Fsp3) is 0.700. The molecule has 2 saturated heterocycles. The Labute approximate surface area is 218 Å². The molecule has 2 aliphatic heterocycles. The summed E-state index contributed by atoms with van der Waals surface area (Å²) in [6.07, 6.45) is 2.30. The average molecular weight is 511 g/mol. The van der Waals surface area contributed by atoms with E-state index in [2.05, 4.69) is 33.8 Å². The van der Waals surface area contributed by atoms with E-state index in [4.69, 9.17) is 18.6 Å². The predicted octanol–water partition coefficient (Wildman–Crippen LogP) is 5.09. The fourth-order valence-corrected chi connectivity index (χ4v) is 9.41. The van der Waals surface area contributed by atoms with Crippen molar-refractivity contribution in [3.05, 3.63) is 34.8 Å². The van der Waals surface area contributed by atoms with Gasteiger partial charge in [0.1, 0.15) is 23.8 Å². The normalized spacial score (nSPS) is 44.1. The van der Waals surface area contributed by atoms with Gasteiger partial charge in [0.2, 0.25) is 0 Å². The highest BCUT2D eigenvalue weighted by molar-refractivity contribution is 5.92. The number of carbonyl (C=O) groups is 3. The van der Waals surface area contributed by atoms with Gasteiger partial charge in [-0.3, -0.25) is 14.4 Å². The van der Waals surface area contributed by atoms with Crippen LogP contribution in [0.3, 0.4) is 0 Å². The van der Waals surface area contributed by atoms with Crippen molar-refractivity contribution in [2.24, 2.45) is 28.1 Å². The minimum absolute atomic E-state index is 0.0969. The van der Waals surface area contributed by atoms with Crippen LogP contribution in [0.5, 0.6) is 0 Å². The Morgan fingerprint density at radius 3 is 2.59 bits per heavy atom. The second-order valence-corrected chi connectivity index (χ2v) is 12.9. The minimum atomic E-state index is -0.911. The number of ether oxygens (including phenoxy) is 3. The second-order valence-electron chi connectivity index (χ2n) is 12.9. The Balaban J connectivity index is 1.54. The topological polar surface area (TPSA) is 92.0 Å². The number of hydrogen-bond donors (Lipinski definition) is 0. The summed E-state index contributed by atoms with van der Waals surface area (Å²) in [7, 11) is 1.39. The number of furan rings is 1. The second kappa shape index (κ2) is 7.81. The quantitative estimate of drug-likeness (QED) is 0.411. The van der Waals surface area contributed by atoms with Gasteiger partial charge in [0.25, 0.3) is 0 Å². The van der Waals surface area contributed by atoms with Crippen molar-refractivity contribution in [3.8, 4) is 0 Å². The molecule has 3 aliphatic carbocycles. The summed E-state index contributed by atoms with van der Waals surface area (Å²) in [6.45, 7) is 12.5. The molecule has 4 fully saturated rings.